The minimum Gasteiger partial charge on any atom is -0.320 e. The predicted molar refractivity (Wildman–Crippen MR) is 64.3 cm³/mol. The van der Waals surface area contributed by atoms with Crippen molar-refractivity contribution in [1.29, 1.82) is 0 Å². The van der Waals surface area contributed by atoms with E-state index in [2.05, 4.69) is 0 Å². The molecule has 1 aromatic rings. The van der Waals surface area contributed by atoms with E-state index in [4.69, 9.17) is 0 Å². The molecule has 1 aromatic carbocycles. The lowest BCUT2D eigenvalue weighted by atomic mass is 10.00. The molecule has 1 aliphatic heterocycles. The number of imide groups is 1. The Morgan fingerprint density at radius 2 is 1.88 bits per heavy atom. The van der Waals surface area contributed by atoms with E-state index in [0.29, 0.717) is 13.0 Å². The van der Waals surface area contributed by atoms with Crippen molar-refractivity contribution in [3.63, 3.8) is 0 Å². The Morgan fingerprint density at radius 1 is 1.24 bits per heavy atom. The molecule has 1 unspecified atom stereocenters. The quantitative estimate of drug-likeness (QED) is 0.782. The van der Waals surface area contributed by atoms with E-state index in [1.165, 1.54) is 4.90 Å². The molecule has 1 aliphatic rings. The van der Waals surface area contributed by atoms with Crippen LogP contribution >= 0.6 is 0 Å². The van der Waals surface area contributed by atoms with Gasteiger partial charge in [-0.2, -0.15) is 0 Å². The molecule has 1 saturated heterocycles. The lowest BCUT2D eigenvalue weighted by Gasteiger charge is -2.37. The summed E-state index contributed by atoms with van der Waals surface area (Å²) < 4.78 is 0. The van der Waals surface area contributed by atoms with Gasteiger partial charge in [0.15, 0.2) is 0 Å². The van der Waals surface area contributed by atoms with Gasteiger partial charge in [-0.3, -0.25) is 9.69 Å². The first-order valence-corrected chi connectivity index (χ1v) is 5.77. The van der Waals surface area contributed by atoms with Gasteiger partial charge in [0.1, 0.15) is 0 Å². The van der Waals surface area contributed by atoms with Crippen LogP contribution in [-0.4, -0.2) is 35.3 Å². The van der Waals surface area contributed by atoms with Crippen molar-refractivity contribution in [3.05, 3.63) is 35.9 Å². The molecule has 0 radical (unpaired) electrons. The lowest BCUT2D eigenvalue weighted by Crippen LogP contribution is -2.51. The summed E-state index contributed by atoms with van der Waals surface area (Å²) >= 11 is 0. The van der Waals surface area contributed by atoms with Gasteiger partial charge in [0, 0.05) is 13.6 Å². The van der Waals surface area contributed by atoms with Crippen molar-refractivity contribution >= 4 is 11.9 Å². The Morgan fingerprint density at radius 3 is 2.47 bits per heavy atom. The van der Waals surface area contributed by atoms with E-state index in [-0.39, 0.29) is 18.0 Å². The average molecular weight is 232 g/mol. The molecule has 0 spiro atoms. The molecule has 3 amide bonds. The van der Waals surface area contributed by atoms with E-state index in [0.717, 1.165) is 5.56 Å². The Kier molecular flexibility index (Phi) is 3.13. The number of hydrogen-bond acceptors (Lipinski definition) is 2. The summed E-state index contributed by atoms with van der Waals surface area (Å²) in [6.07, 6.45) is 0.361. The Balaban J connectivity index is 2.27. The van der Waals surface area contributed by atoms with Gasteiger partial charge < -0.3 is 4.90 Å². The molecule has 0 aliphatic carbocycles. The molecular formula is C13H16N2O2. The van der Waals surface area contributed by atoms with E-state index in [1.807, 2.05) is 37.3 Å². The van der Waals surface area contributed by atoms with Crippen LogP contribution in [-0.2, 0) is 4.79 Å². The second-order valence-corrected chi connectivity index (χ2v) is 4.16. The maximum Gasteiger partial charge on any atom is 0.326 e. The van der Waals surface area contributed by atoms with Crippen molar-refractivity contribution in [1.82, 2.24) is 9.80 Å². The third-order valence-electron chi connectivity index (χ3n) is 3.17. The van der Waals surface area contributed by atoms with Gasteiger partial charge in [0.2, 0.25) is 5.91 Å². The minimum absolute atomic E-state index is 0.0931. The smallest absolute Gasteiger partial charge is 0.320 e. The van der Waals surface area contributed by atoms with Crippen LogP contribution in [0, 0.1) is 0 Å². The highest BCUT2D eigenvalue weighted by Crippen LogP contribution is 2.28. The second kappa shape index (κ2) is 4.57. The fourth-order valence-corrected chi connectivity index (χ4v) is 2.17. The van der Waals surface area contributed by atoms with Crippen molar-refractivity contribution in [2.75, 3.05) is 13.6 Å². The second-order valence-electron chi connectivity index (χ2n) is 4.16. The third kappa shape index (κ3) is 2.02. The van der Waals surface area contributed by atoms with Crippen LogP contribution in [0.3, 0.4) is 0 Å². The zero-order chi connectivity index (χ0) is 12.4. The highest BCUT2D eigenvalue weighted by atomic mass is 16.2. The molecule has 4 heteroatoms. The number of carbonyl (C=O) groups excluding carboxylic acids is 2. The summed E-state index contributed by atoms with van der Waals surface area (Å²) in [6.45, 7) is 2.25. The van der Waals surface area contributed by atoms with E-state index in [1.54, 1.807) is 11.9 Å². The Hall–Kier alpha value is -1.84. The van der Waals surface area contributed by atoms with Crippen LogP contribution in [0.25, 0.3) is 0 Å². The summed E-state index contributed by atoms with van der Waals surface area (Å²) in [5, 5.41) is 0. The lowest BCUT2D eigenvalue weighted by molar-refractivity contribution is -0.132. The number of rotatable bonds is 2. The van der Waals surface area contributed by atoms with Crippen LogP contribution in [0.4, 0.5) is 4.79 Å². The van der Waals surface area contributed by atoms with Crippen molar-refractivity contribution in [2.45, 2.75) is 19.4 Å². The number of nitrogens with zero attached hydrogens (tertiary/aromatic N) is 2. The minimum atomic E-state index is -0.211. The third-order valence-corrected chi connectivity index (χ3v) is 3.17. The van der Waals surface area contributed by atoms with Crippen LogP contribution in [0.2, 0.25) is 0 Å². The van der Waals surface area contributed by atoms with Crippen LogP contribution in [0.15, 0.2) is 30.3 Å². The zero-order valence-electron chi connectivity index (χ0n) is 10.1. The highest BCUT2D eigenvalue weighted by molar-refractivity contribution is 5.97. The molecule has 17 heavy (non-hydrogen) atoms. The molecule has 2 rings (SSSR count). The molecule has 1 fully saturated rings. The molecule has 4 nitrogen and oxygen atoms in total. The van der Waals surface area contributed by atoms with Gasteiger partial charge in [-0.15, -0.1) is 0 Å². The van der Waals surface area contributed by atoms with Gasteiger partial charge in [-0.1, -0.05) is 30.3 Å². The summed E-state index contributed by atoms with van der Waals surface area (Å²) in [5.41, 5.74) is 1.01. The van der Waals surface area contributed by atoms with Crippen LogP contribution in [0.1, 0.15) is 24.9 Å². The fraction of sp³-hybridized carbons (Fsp3) is 0.385. The van der Waals surface area contributed by atoms with Gasteiger partial charge in [0.25, 0.3) is 0 Å². The normalized spacial score (nSPS) is 20.9. The summed E-state index contributed by atoms with van der Waals surface area (Å²) in [5.74, 6) is -0.0931. The molecule has 1 atom stereocenters. The Labute approximate surface area is 101 Å². The monoisotopic (exact) mass is 232 g/mol. The van der Waals surface area contributed by atoms with Crippen molar-refractivity contribution in [2.24, 2.45) is 0 Å². The maximum atomic E-state index is 12.0. The standard InChI is InChI=1S/C13H16N2O2/c1-3-15-12(16)9-11(14(2)13(15)17)10-7-5-4-6-8-10/h4-8,11H,3,9H2,1-2H3. The molecular weight excluding hydrogens is 216 g/mol. The average Bonchev–Trinajstić information content (AvgIpc) is 2.35. The zero-order valence-corrected chi connectivity index (χ0v) is 10.1. The van der Waals surface area contributed by atoms with E-state index in [9.17, 15) is 9.59 Å². The summed E-state index contributed by atoms with van der Waals surface area (Å²) in [6, 6.07) is 9.31. The first kappa shape index (κ1) is 11.6. The predicted octanol–water partition coefficient (Wildman–Crippen LogP) is 2.03. The molecule has 90 valence electrons. The first-order valence-electron chi connectivity index (χ1n) is 5.77. The molecule has 1 heterocycles. The number of benzene rings is 1. The van der Waals surface area contributed by atoms with Gasteiger partial charge in [-0.25, -0.2) is 4.79 Å². The topological polar surface area (TPSA) is 40.6 Å². The van der Waals surface area contributed by atoms with E-state index >= 15 is 0 Å². The molecule has 0 saturated carbocycles. The largest absolute Gasteiger partial charge is 0.326 e. The van der Waals surface area contributed by atoms with Crippen LogP contribution in [0.5, 0.6) is 0 Å². The maximum absolute atomic E-state index is 12.0. The molecule has 0 bridgehead atoms. The fourth-order valence-electron chi connectivity index (χ4n) is 2.17. The van der Waals surface area contributed by atoms with Crippen molar-refractivity contribution < 1.29 is 9.59 Å². The van der Waals surface area contributed by atoms with Gasteiger partial charge >= 0.3 is 6.03 Å². The summed E-state index contributed by atoms with van der Waals surface area (Å²) in [4.78, 5) is 26.8. The van der Waals surface area contributed by atoms with Crippen molar-refractivity contribution in [3.8, 4) is 0 Å². The van der Waals surface area contributed by atoms with E-state index < -0.39 is 0 Å². The van der Waals surface area contributed by atoms with Crippen LogP contribution < -0.4 is 0 Å². The molecule has 0 aromatic heterocycles. The molecule has 0 N–H and O–H groups in total. The first-order chi connectivity index (χ1) is 8.15. The number of amides is 3. The number of hydrogen-bond donors (Lipinski definition) is 0. The Bertz CT molecular complexity index is 430. The highest BCUT2D eigenvalue weighted by Gasteiger charge is 2.36. The SMILES string of the molecule is CCN1C(=O)CC(c2ccccc2)N(C)C1=O. The summed E-state index contributed by atoms with van der Waals surface area (Å²) in [7, 11) is 1.75. The van der Waals surface area contributed by atoms with Gasteiger partial charge in [-0.05, 0) is 12.5 Å². The number of carbonyl (C=O) groups is 2. The number of urea groups is 1. The van der Waals surface area contributed by atoms with Gasteiger partial charge in [0.05, 0.1) is 12.5 Å².